The number of hydrogen-bond donors (Lipinski definition) is 9. The van der Waals surface area contributed by atoms with Crippen LogP contribution in [-0.4, -0.2) is 58.2 Å². The van der Waals surface area contributed by atoms with Crippen molar-refractivity contribution in [1.82, 2.24) is 0 Å². The SMILES string of the molecule is O=c1c(O)c(C2Oc3cc(O)cc(O)c3CC2O)ccc2c([C@H]3Oc4cc(O)cc(O)c4C[C@H]3O)cc(O)c(O)c12. The summed E-state index contributed by atoms with van der Waals surface area (Å²) in [5, 5.41) is 93.5. The Bertz CT molecular complexity index is 1800. The van der Waals surface area contributed by atoms with Gasteiger partial charge in [0.05, 0.1) is 17.6 Å². The van der Waals surface area contributed by atoms with Gasteiger partial charge in [-0.1, -0.05) is 12.1 Å². The van der Waals surface area contributed by atoms with Crippen LogP contribution in [-0.2, 0) is 12.8 Å². The van der Waals surface area contributed by atoms with Gasteiger partial charge < -0.3 is 55.4 Å². The van der Waals surface area contributed by atoms with E-state index in [9.17, 15) is 50.8 Å². The summed E-state index contributed by atoms with van der Waals surface area (Å²) in [6, 6.07) is 8.28. The van der Waals surface area contributed by atoms with Gasteiger partial charge in [-0.2, -0.15) is 0 Å². The van der Waals surface area contributed by atoms with E-state index in [-0.39, 0.29) is 75.0 Å². The highest BCUT2D eigenvalue weighted by molar-refractivity contribution is 5.94. The van der Waals surface area contributed by atoms with Crippen LogP contribution in [0.1, 0.15) is 34.5 Å². The maximum Gasteiger partial charge on any atom is 0.232 e. The third-order valence-corrected chi connectivity index (χ3v) is 7.48. The summed E-state index contributed by atoms with van der Waals surface area (Å²) in [6.07, 6.45) is -5.51. The Morgan fingerprint density at radius 2 is 1.12 bits per heavy atom. The molecule has 12 heteroatoms. The van der Waals surface area contributed by atoms with Crippen LogP contribution in [0.3, 0.4) is 0 Å². The molecule has 12 nitrogen and oxygen atoms in total. The van der Waals surface area contributed by atoms with Gasteiger partial charge in [0.15, 0.2) is 29.5 Å². The van der Waals surface area contributed by atoms with Crippen LogP contribution in [0.25, 0.3) is 10.8 Å². The van der Waals surface area contributed by atoms with Crippen molar-refractivity contribution < 1.29 is 55.4 Å². The molecule has 41 heavy (non-hydrogen) atoms. The van der Waals surface area contributed by atoms with Crippen molar-refractivity contribution in [2.45, 2.75) is 37.3 Å². The molecular weight excluding hydrogens is 540 g/mol. The standard InChI is InChI=1S/C29H24O12/c30-10-3-17(32)15-8-20(35)28(40-22(15)5-10)13-2-1-12-14(7-19(34)26(38)24(12)27(39)25(13)37)29-21(36)9-16-18(33)4-11(31)6-23(16)41-29/h1-7,20-21,28-36,38H,8-9H2,(H,37,39)/t20?,21-,28?,29-/m1/s1. The third kappa shape index (κ3) is 4.12. The monoisotopic (exact) mass is 564 g/mol. The smallest absolute Gasteiger partial charge is 0.232 e. The molecule has 0 radical (unpaired) electrons. The lowest BCUT2D eigenvalue weighted by molar-refractivity contribution is 0.0185. The van der Waals surface area contributed by atoms with Gasteiger partial charge in [-0.3, -0.25) is 4.79 Å². The highest BCUT2D eigenvalue weighted by Gasteiger charge is 2.37. The topological polar surface area (TPSA) is 218 Å². The number of phenolic OH excluding ortho intramolecular Hbond substituents is 6. The van der Waals surface area contributed by atoms with Gasteiger partial charge in [0, 0.05) is 59.4 Å². The number of ether oxygens (including phenoxy) is 2. The van der Waals surface area contributed by atoms with Gasteiger partial charge >= 0.3 is 0 Å². The van der Waals surface area contributed by atoms with Crippen molar-refractivity contribution >= 4 is 10.8 Å². The number of benzene rings is 3. The van der Waals surface area contributed by atoms with E-state index in [0.717, 1.165) is 18.2 Å². The molecule has 4 aromatic carbocycles. The molecule has 0 bridgehead atoms. The molecule has 6 rings (SSSR count). The van der Waals surface area contributed by atoms with Gasteiger partial charge in [0.2, 0.25) is 5.43 Å². The van der Waals surface area contributed by atoms with Crippen molar-refractivity contribution in [3.8, 4) is 51.7 Å². The number of aliphatic hydroxyl groups is 2. The molecule has 0 aromatic heterocycles. The van der Waals surface area contributed by atoms with E-state index >= 15 is 0 Å². The first-order chi connectivity index (χ1) is 19.4. The van der Waals surface area contributed by atoms with Gasteiger partial charge in [-0.05, 0) is 11.5 Å². The molecule has 0 saturated heterocycles. The summed E-state index contributed by atoms with van der Waals surface area (Å²) in [5.41, 5.74) is -0.835. The molecule has 0 amide bonds. The molecule has 212 valence electrons. The second-order valence-corrected chi connectivity index (χ2v) is 10.1. The Morgan fingerprint density at radius 3 is 1.66 bits per heavy atom. The zero-order chi connectivity index (χ0) is 29.3. The lowest BCUT2D eigenvalue weighted by Crippen LogP contribution is -2.30. The van der Waals surface area contributed by atoms with Crippen LogP contribution in [0, 0.1) is 0 Å². The second kappa shape index (κ2) is 9.25. The first-order valence-corrected chi connectivity index (χ1v) is 12.5. The highest BCUT2D eigenvalue weighted by Crippen LogP contribution is 2.47. The number of aromatic hydroxyl groups is 7. The van der Waals surface area contributed by atoms with Crippen molar-refractivity contribution in [2.24, 2.45) is 0 Å². The summed E-state index contributed by atoms with van der Waals surface area (Å²) in [4.78, 5) is 13.5. The fourth-order valence-electron chi connectivity index (χ4n) is 5.53. The molecule has 4 atom stereocenters. The Hall–Kier alpha value is -5.07. The second-order valence-electron chi connectivity index (χ2n) is 10.1. The average molecular weight is 564 g/mol. The van der Waals surface area contributed by atoms with Gasteiger partial charge in [0.25, 0.3) is 0 Å². The fraction of sp³-hybridized carbons (Fsp3) is 0.207. The summed E-state index contributed by atoms with van der Waals surface area (Å²) in [7, 11) is 0. The minimum Gasteiger partial charge on any atom is -0.508 e. The predicted octanol–water partition coefficient (Wildman–Crippen LogP) is 2.21. The van der Waals surface area contributed by atoms with E-state index in [1.165, 1.54) is 24.3 Å². The molecule has 2 aliphatic rings. The average Bonchev–Trinajstić information content (AvgIpc) is 3.03. The predicted molar refractivity (Wildman–Crippen MR) is 141 cm³/mol. The van der Waals surface area contributed by atoms with Crippen molar-refractivity contribution in [1.29, 1.82) is 0 Å². The van der Waals surface area contributed by atoms with Gasteiger partial charge in [0.1, 0.15) is 34.5 Å². The zero-order valence-corrected chi connectivity index (χ0v) is 21.0. The molecule has 2 aliphatic heterocycles. The Morgan fingerprint density at radius 1 is 0.610 bits per heavy atom. The number of hydrogen-bond acceptors (Lipinski definition) is 12. The maximum absolute atomic E-state index is 13.5. The van der Waals surface area contributed by atoms with Crippen LogP contribution in [0.2, 0.25) is 0 Å². The van der Waals surface area contributed by atoms with Crippen LogP contribution in [0.4, 0.5) is 0 Å². The molecule has 2 unspecified atom stereocenters. The fourth-order valence-corrected chi connectivity index (χ4v) is 5.53. The summed E-state index contributed by atoms with van der Waals surface area (Å²) < 4.78 is 11.7. The molecular formula is C29H24O12. The Labute approximate surface area is 230 Å². The molecule has 9 N–H and O–H groups in total. The summed E-state index contributed by atoms with van der Waals surface area (Å²) >= 11 is 0. The first-order valence-electron chi connectivity index (χ1n) is 12.5. The van der Waals surface area contributed by atoms with Crippen LogP contribution in [0.5, 0.6) is 51.7 Å². The minimum absolute atomic E-state index is 0.0192. The number of aliphatic hydroxyl groups excluding tert-OH is 2. The van der Waals surface area contributed by atoms with E-state index in [0.29, 0.717) is 0 Å². The summed E-state index contributed by atoms with van der Waals surface area (Å²) in [5.74, 6) is -3.65. The summed E-state index contributed by atoms with van der Waals surface area (Å²) in [6.45, 7) is 0. The molecule has 0 aliphatic carbocycles. The van der Waals surface area contributed by atoms with E-state index in [4.69, 9.17) is 9.47 Å². The maximum atomic E-state index is 13.5. The Balaban J connectivity index is 1.52. The number of fused-ring (bicyclic) bond motifs is 3. The normalized spacial score (nSPS) is 21.4. The molecule has 0 fully saturated rings. The van der Waals surface area contributed by atoms with Crippen LogP contribution >= 0.6 is 0 Å². The lowest BCUT2D eigenvalue weighted by atomic mass is 9.91. The van der Waals surface area contributed by atoms with E-state index in [1.807, 2.05) is 0 Å². The molecule has 2 heterocycles. The van der Waals surface area contributed by atoms with E-state index in [1.54, 1.807) is 0 Å². The van der Waals surface area contributed by atoms with Crippen LogP contribution in [0.15, 0.2) is 47.3 Å². The minimum atomic E-state index is -1.35. The Kier molecular flexibility index (Phi) is 5.90. The number of rotatable bonds is 2. The first kappa shape index (κ1) is 26.2. The largest absolute Gasteiger partial charge is 0.508 e. The van der Waals surface area contributed by atoms with E-state index < -0.39 is 52.5 Å². The molecule has 0 spiro atoms. The van der Waals surface area contributed by atoms with Crippen molar-refractivity contribution in [2.75, 3.05) is 0 Å². The quantitative estimate of drug-likeness (QED) is 0.160. The van der Waals surface area contributed by atoms with Gasteiger partial charge in [-0.15, -0.1) is 0 Å². The van der Waals surface area contributed by atoms with Crippen LogP contribution < -0.4 is 14.9 Å². The highest BCUT2D eigenvalue weighted by atomic mass is 16.5. The molecule has 0 saturated carbocycles. The lowest BCUT2D eigenvalue weighted by Gasteiger charge is -2.32. The number of phenols is 6. The van der Waals surface area contributed by atoms with Crippen molar-refractivity contribution in [3.63, 3.8) is 0 Å². The van der Waals surface area contributed by atoms with Crippen molar-refractivity contribution in [3.05, 3.63) is 74.9 Å². The van der Waals surface area contributed by atoms with E-state index in [2.05, 4.69) is 0 Å². The molecule has 4 aromatic rings. The zero-order valence-electron chi connectivity index (χ0n) is 21.0. The third-order valence-electron chi connectivity index (χ3n) is 7.48. The van der Waals surface area contributed by atoms with Gasteiger partial charge in [-0.25, -0.2) is 0 Å².